The maximum Gasteiger partial charge on any atom is 0.408 e. The molecule has 0 aromatic heterocycles. The highest BCUT2D eigenvalue weighted by atomic mass is 16.6. The lowest BCUT2D eigenvalue weighted by Crippen LogP contribution is -2.67. The Hall–Kier alpha value is -1.60. The Morgan fingerprint density at radius 3 is 2.39 bits per heavy atom. The quantitative estimate of drug-likeness (QED) is 0.593. The van der Waals surface area contributed by atoms with Crippen molar-refractivity contribution in [2.24, 2.45) is 23.2 Å². The number of aliphatic hydroxyl groups is 1. The molecule has 184 valence electrons. The average molecular weight is 461 g/mol. The number of ether oxygens (including phenoxy) is 2. The van der Waals surface area contributed by atoms with E-state index in [0.29, 0.717) is 24.4 Å². The van der Waals surface area contributed by atoms with E-state index in [0.717, 1.165) is 38.5 Å². The topological polar surface area (TPSA) is 88.1 Å². The predicted molar refractivity (Wildman–Crippen MR) is 123 cm³/mol. The van der Waals surface area contributed by atoms with Crippen molar-refractivity contribution in [3.8, 4) is 0 Å². The molecule has 0 spiro atoms. The van der Waals surface area contributed by atoms with Gasteiger partial charge in [0, 0.05) is 17.4 Å². The van der Waals surface area contributed by atoms with Gasteiger partial charge in [0.25, 0.3) is 0 Å². The second-order valence-electron chi connectivity index (χ2n) is 12.5. The van der Waals surface area contributed by atoms with Crippen molar-refractivity contribution in [2.45, 2.75) is 102 Å². The minimum Gasteiger partial charge on any atom is -0.444 e. The summed E-state index contributed by atoms with van der Waals surface area (Å²) in [5.41, 5.74) is -1.26. The first-order valence-corrected chi connectivity index (χ1v) is 12.8. The molecule has 1 heterocycles. The van der Waals surface area contributed by atoms with Crippen LogP contribution in [-0.4, -0.2) is 64.5 Å². The second kappa shape index (κ2) is 7.98. The van der Waals surface area contributed by atoms with Crippen LogP contribution in [-0.2, 0) is 14.3 Å². The third-order valence-corrected chi connectivity index (χ3v) is 8.73. The number of hydrogen-bond acceptors (Lipinski definition) is 5. The van der Waals surface area contributed by atoms with Gasteiger partial charge in [-0.15, -0.1) is 0 Å². The van der Waals surface area contributed by atoms with Crippen LogP contribution in [0.1, 0.15) is 72.6 Å². The maximum absolute atomic E-state index is 14.2. The Kier molecular flexibility index (Phi) is 5.60. The van der Waals surface area contributed by atoms with E-state index < -0.39 is 17.7 Å². The Balaban J connectivity index is 1.46. The van der Waals surface area contributed by atoms with Crippen LogP contribution in [0.2, 0.25) is 0 Å². The molecule has 4 saturated carbocycles. The fraction of sp³-hybridized carbons (Fsp3) is 0.846. The molecule has 0 aromatic carbocycles. The van der Waals surface area contributed by atoms with E-state index in [9.17, 15) is 14.7 Å². The second-order valence-corrected chi connectivity index (χ2v) is 12.5. The fourth-order valence-electron chi connectivity index (χ4n) is 8.12. The largest absolute Gasteiger partial charge is 0.444 e. The summed E-state index contributed by atoms with van der Waals surface area (Å²) >= 11 is 0. The SMILES string of the molecule is C[C@@H]1C[C@@H]2C=C[C@@H]2N1C(=O)[C@@H](NC(=O)OC(C)(C)C)C12CC3C[C@H](CC(OCCO)(C3)C1)C2. The summed E-state index contributed by atoms with van der Waals surface area (Å²) in [4.78, 5) is 29.2. The standard InChI is InChI=1S/C26H40N2O5/c1-16-9-19-5-6-20(19)28(16)22(30)21(27-23(31)33-24(2,3)4)25-11-17-10-18(12-25)14-26(13-17,15-25)32-8-7-29/h5-6,16-21,29H,7-15H2,1-4H3,(H,27,31)/t16-,17+,18?,19+,20+,21-,25?,26?/m1/s1. The first-order valence-electron chi connectivity index (χ1n) is 12.8. The molecular formula is C26H40N2O5. The lowest BCUT2D eigenvalue weighted by Gasteiger charge is -2.63. The molecule has 1 aliphatic heterocycles. The Bertz CT molecular complexity index is 819. The number of likely N-dealkylation sites (tertiary alicyclic amines) is 1. The number of alkyl carbamates (subject to hydrolysis) is 1. The van der Waals surface area contributed by atoms with Crippen LogP contribution in [0, 0.1) is 23.2 Å². The van der Waals surface area contributed by atoms with Gasteiger partial charge in [-0.25, -0.2) is 4.79 Å². The monoisotopic (exact) mass is 460 g/mol. The van der Waals surface area contributed by atoms with Crippen molar-refractivity contribution < 1.29 is 24.2 Å². The van der Waals surface area contributed by atoms with Crippen LogP contribution in [0.25, 0.3) is 0 Å². The number of amides is 2. The number of hydrogen-bond donors (Lipinski definition) is 2. The number of carbonyl (C=O) groups excluding carboxylic acids is 2. The van der Waals surface area contributed by atoms with Crippen LogP contribution in [0.4, 0.5) is 4.79 Å². The number of carbonyl (C=O) groups is 2. The van der Waals surface area contributed by atoms with E-state index in [1.54, 1.807) is 0 Å². The highest BCUT2D eigenvalue weighted by Crippen LogP contribution is 2.64. The van der Waals surface area contributed by atoms with Gasteiger partial charge >= 0.3 is 6.09 Å². The van der Waals surface area contributed by atoms with Gasteiger partial charge in [-0.05, 0) is 84.5 Å². The normalized spacial score (nSPS) is 41.5. The molecule has 4 bridgehead atoms. The van der Waals surface area contributed by atoms with Gasteiger partial charge in [0.2, 0.25) is 5.91 Å². The highest BCUT2D eigenvalue weighted by Gasteiger charge is 2.63. The molecule has 6 rings (SSSR count). The van der Waals surface area contributed by atoms with Gasteiger partial charge in [-0.1, -0.05) is 12.2 Å². The summed E-state index contributed by atoms with van der Waals surface area (Å²) in [6.45, 7) is 7.98. The molecule has 2 amide bonds. The zero-order valence-electron chi connectivity index (χ0n) is 20.5. The van der Waals surface area contributed by atoms with Crippen molar-refractivity contribution in [2.75, 3.05) is 13.2 Å². The highest BCUT2D eigenvalue weighted by molar-refractivity contribution is 5.88. The van der Waals surface area contributed by atoms with E-state index >= 15 is 0 Å². The van der Waals surface area contributed by atoms with Gasteiger partial charge in [0.1, 0.15) is 11.6 Å². The van der Waals surface area contributed by atoms with Crippen molar-refractivity contribution in [1.29, 1.82) is 0 Å². The van der Waals surface area contributed by atoms with Gasteiger partial charge in [0.15, 0.2) is 0 Å². The molecule has 1 saturated heterocycles. The molecule has 5 aliphatic carbocycles. The molecule has 3 unspecified atom stereocenters. The molecule has 0 radical (unpaired) electrons. The van der Waals surface area contributed by atoms with Gasteiger partial charge < -0.3 is 24.8 Å². The smallest absolute Gasteiger partial charge is 0.408 e. The van der Waals surface area contributed by atoms with E-state index in [1.807, 2.05) is 25.7 Å². The zero-order chi connectivity index (χ0) is 23.6. The molecule has 8 atom stereocenters. The molecule has 7 heteroatoms. The number of nitrogens with one attached hydrogen (secondary N) is 1. The van der Waals surface area contributed by atoms with Gasteiger partial charge in [0.05, 0.1) is 24.9 Å². The third kappa shape index (κ3) is 4.09. The van der Waals surface area contributed by atoms with E-state index in [2.05, 4.69) is 24.4 Å². The summed E-state index contributed by atoms with van der Waals surface area (Å²) in [5.74, 6) is 1.45. The van der Waals surface area contributed by atoms with Crippen molar-refractivity contribution in [3.05, 3.63) is 12.2 Å². The lowest BCUT2D eigenvalue weighted by atomic mass is 9.46. The summed E-state index contributed by atoms with van der Waals surface area (Å²) in [5, 5.41) is 12.5. The average Bonchev–Trinajstić information content (AvgIpc) is 2.90. The summed E-state index contributed by atoms with van der Waals surface area (Å²) in [7, 11) is 0. The van der Waals surface area contributed by atoms with Crippen LogP contribution in [0.3, 0.4) is 0 Å². The summed E-state index contributed by atoms with van der Waals surface area (Å²) in [6, 6.07) is -0.326. The van der Waals surface area contributed by atoms with Crippen molar-refractivity contribution in [3.63, 3.8) is 0 Å². The molecule has 0 aromatic rings. The fourth-order valence-corrected chi connectivity index (χ4v) is 8.12. The first kappa shape index (κ1) is 23.2. The van der Waals surface area contributed by atoms with Gasteiger partial charge in [-0.2, -0.15) is 0 Å². The summed E-state index contributed by atoms with van der Waals surface area (Å²) in [6.07, 6.45) is 10.6. The van der Waals surface area contributed by atoms with Crippen LogP contribution < -0.4 is 5.32 Å². The zero-order valence-corrected chi connectivity index (χ0v) is 20.5. The number of rotatable bonds is 6. The van der Waals surface area contributed by atoms with Crippen LogP contribution >= 0.6 is 0 Å². The molecule has 2 N–H and O–H groups in total. The first-order chi connectivity index (χ1) is 15.5. The van der Waals surface area contributed by atoms with Crippen LogP contribution in [0.15, 0.2) is 12.2 Å². The summed E-state index contributed by atoms with van der Waals surface area (Å²) < 4.78 is 11.9. The third-order valence-electron chi connectivity index (χ3n) is 8.73. The van der Waals surface area contributed by atoms with Crippen molar-refractivity contribution in [1.82, 2.24) is 10.2 Å². The minimum absolute atomic E-state index is 0.00327. The molecule has 33 heavy (non-hydrogen) atoms. The van der Waals surface area contributed by atoms with E-state index in [1.165, 1.54) is 6.42 Å². The number of fused-ring (bicyclic) bond motifs is 1. The van der Waals surface area contributed by atoms with E-state index in [-0.39, 0.29) is 35.6 Å². The Morgan fingerprint density at radius 2 is 1.85 bits per heavy atom. The van der Waals surface area contributed by atoms with Gasteiger partial charge in [-0.3, -0.25) is 4.79 Å². The molecule has 5 fully saturated rings. The molecule has 6 aliphatic rings. The van der Waals surface area contributed by atoms with Crippen LogP contribution in [0.5, 0.6) is 0 Å². The Labute approximate surface area is 197 Å². The van der Waals surface area contributed by atoms with Crippen molar-refractivity contribution >= 4 is 12.0 Å². The minimum atomic E-state index is -0.632. The lowest BCUT2D eigenvalue weighted by molar-refractivity contribution is -0.205. The van der Waals surface area contributed by atoms with E-state index in [4.69, 9.17) is 9.47 Å². The molecule has 7 nitrogen and oxygen atoms in total. The maximum atomic E-state index is 14.2. The number of aliphatic hydroxyl groups excluding tert-OH is 1. The number of nitrogens with zero attached hydrogens (tertiary/aromatic N) is 1. The Morgan fingerprint density at radius 1 is 1.15 bits per heavy atom. The predicted octanol–water partition coefficient (Wildman–Crippen LogP) is 3.40. The molecular weight excluding hydrogens is 420 g/mol.